The van der Waals surface area contributed by atoms with Crippen molar-refractivity contribution >= 4 is 11.8 Å². The van der Waals surface area contributed by atoms with Gasteiger partial charge in [0.2, 0.25) is 0 Å². The largest absolute Gasteiger partial charge is 0.374 e. The van der Waals surface area contributed by atoms with Gasteiger partial charge in [-0.1, -0.05) is 27.7 Å². The lowest BCUT2D eigenvalue weighted by Gasteiger charge is -2.47. The molecule has 1 spiro atoms. The van der Waals surface area contributed by atoms with Crippen molar-refractivity contribution in [2.24, 2.45) is 10.8 Å². The molecule has 122 valence electrons. The van der Waals surface area contributed by atoms with Gasteiger partial charge >= 0.3 is 0 Å². The van der Waals surface area contributed by atoms with Crippen LogP contribution in [-0.2, 0) is 4.74 Å². The molecule has 2 atom stereocenters. The van der Waals surface area contributed by atoms with Crippen LogP contribution in [-0.4, -0.2) is 35.8 Å². The van der Waals surface area contributed by atoms with Crippen molar-refractivity contribution in [2.75, 3.05) is 18.1 Å². The summed E-state index contributed by atoms with van der Waals surface area (Å²) in [6.07, 6.45) is 7.70. The van der Waals surface area contributed by atoms with Crippen LogP contribution in [0.3, 0.4) is 0 Å². The molecule has 0 aromatic heterocycles. The zero-order valence-corrected chi connectivity index (χ0v) is 15.2. The number of hydrogen-bond acceptors (Lipinski definition) is 3. The average molecular weight is 312 g/mol. The van der Waals surface area contributed by atoms with E-state index >= 15 is 0 Å². The van der Waals surface area contributed by atoms with Crippen LogP contribution in [0.1, 0.15) is 66.2 Å². The lowest BCUT2D eigenvalue weighted by atomic mass is 9.63. The molecule has 2 saturated heterocycles. The summed E-state index contributed by atoms with van der Waals surface area (Å²) in [4.78, 5) is 0. The van der Waals surface area contributed by atoms with Gasteiger partial charge in [-0.3, -0.25) is 0 Å². The molecule has 21 heavy (non-hydrogen) atoms. The highest BCUT2D eigenvalue weighted by Gasteiger charge is 2.43. The monoisotopic (exact) mass is 311 g/mol. The Morgan fingerprint density at radius 1 is 1.00 bits per heavy atom. The summed E-state index contributed by atoms with van der Waals surface area (Å²) in [5, 5.41) is 4.03. The Labute approximate surface area is 135 Å². The summed E-state index contributed by atoms with van der Waals surface area (Å²) in [5.74, 6) is 2.50. The van der Waals surface area contributed by atoms with E-state index in [9.17, 15) is 0 Å². The summed E-state index contributed by atoms with van der Waals surface area (Å²) < 4.78 is 6.17. The molecule has 2 unspecified atom stereocenters. The Balaban J connectivity index is 1.60. The summed E-state index contributed by atoms with van der Waals surface area (Å²) in [7, 11) is 0. The van der Waals surface area contributed by atoms with E-state index in [1.807, 2.05) is 0 Å². The first-order valence-corrected chi connectivity index (χ1v) is 9.91. The highest BCUT2D eigenvalue weighted by molar-refractivity contribution is 7.99. The molecule has 1 aliphatic carbocycles. The molecule has 3 aliphatic rings. The molecule has 1 N–H and O–H groups in total. The van der Waals surface area contributed by atoms with E-state index in [1.54, 1.807) is 0 Å². The van der Waals surface area contributed by atoms with E-state index in [-0.39, 0.29) is 5.60 Å². The van der Waals surface area contributed by atoms with E-state index in [1.165, 1.54) is 50.0 Å². The zero-order chi connectivity index (χ0) is 15.1. The van der Waals surface area contributed by atoms with Gasteiger partial charge in [-0.15, -0.1) is 0 Å². The normalized spacial score (nSPS) is 39.7. The maximum Gasteiger partial charge on any atom is 0.0795 e. The Bertz CT molecular complexity index is 357. The quantitative estimate of drug-likeness (QED) is 0.824. The molecule has 3 fully saturated rings. The second kappa shape index (κ2) is 5.72. The van der Waals surface area contributed by atoms with Crippen molar-refractivity contribution in [1.29, 1.82) is 0 Å². The van der Waals surface area contributed by atoms with Crippen LogP contribution in [0.4, 0.5) is 0 Å². The highest BCUT2D eigenvalue weighted by Crippen LogP contribution is 2.46. The summed E-state index contributed by atoms with van der Waals surface area (Å²) in [6.45, 7) is 10.7. The minimum absolute atomic E-state index is 0.209. The fraction of sp³-hybridized carbons (Fsp3) is 1.00. The molecule has 2 nitrogen and oxygen atoms in total. The second-order valence-electron chi connectivity index (χ2n) is 9.30. The first-order chi connectivity index (χ1) is 9.78. The van der Waals surface area contributed by atoms with E-state index in [0.717, 1.165) is 6.61 Å². The number of rotatable bonds is 2. The lowest BCUT2D eigenvalue weighted by Crippen LogP contribution is -2.53. The molecule has 0 bridgehead atoms. The van der Waals surface area contributed by atoms with Gasteiger partial charge < -0.3 is 10.1 Å². The summed E-state index contributed by atoms with van der Waals surface area (Å²) >= 11 is 2.07. The topological polar surface area (TPSA) is 21.3 Å². The third kappa shape index (κ3) is 3.97. The minimum Gasteiger partial charge on any atom is -0.374 e. The minimum atomic E-state index is 0.209. The average Bonchev–Trinajstić information content (AvgIpc) is 2.72. The van der Waals surface area contributed by atoms with Crippen molar-refractivity contribution in [2.45, 2.75) is 83.9 Å². The Morgan fingerprint density at radius 3 is 2.33 bits per heavy atom. The van der Waals surface area contributed by atoms with Gasteiger partial charge in [0.15, 0.2) is 0 Å². The molecule has 1 saturated carbocycles. The smallest absolute Gasteiger partial charge is 0.0795 e. The van der Waals surface area contributed by atoms with Crippen LogP contribution in [0.25, 0.3) is 0 Å². The lowest BCUT2D eigenvalue weighted by molar-refractivity contribution is -0.0735. The Morgan fingerprint density at radius 2 is 1.71 bits per heavy atom. The Hall–Kier alpha value is 0.270. The van der Waals surface area contributed by atoms with Crippen LogP contribution in [0.15, 0.2) is 0 Å². The van der Waals surface area contributed by atoms with Crippen molar-refractivity contribution in [1.82, 2.24) is 5.32 Å². The predicted octanol–water partition coefficient (Wildman–Crippen LogP) is 4.24. The van der Waals surface area contributed by atoms with Gasteiger partial charge in [-0.25, -0.2) is 0 Å². The van der Waals surface area contributed by atoms with Gasteiger partial charge in [0.05, 0.1) is 5.60 Å². The van der Waals surface area contributed by atoms with E-state index in [4.69, 9.17) is 4.74 Å². The predicted molar refractivity (Wildman–Crippen MR) is 92.0 cm³/mol. The van der Waals surface area contributed by atoms with Crippen LogP contribution >= 0.6 is 11.8 Å². The van der Waals surface area contributed by atoms with Gasteiger partial charge in [0.1, 0.15) is 0 Å². The number of thioether (sulfide) groups is 1. The van der Waals surface area contributed by atoms with Gasteiger partial charge in [0.25, 0.3) is 0 Å². The third-order valence-corrected chi connectivity index (χ3v) is 6.81. The molecule has 3 heteroatoms. The zero-order valence-electron chi connectivity index (χ0n) is 14.3. The van der Waals surface area contributed by atoms with Gasteiger partial charge in [-0.05, 0) is 55.1 Å². The molecule has 0 amide bonds. The first kappa shape index (κ1) is 16.1. The van der Waals surface area contributed by atoms with Crippen molar-refractivity contribution in [3.63, 3.8) is 0 Å². The standard InChI is InChI=1S/C18H33NOS/c1-16(2)9-15(10-17(3,4)12-16)19-14-5-7-20-18(11-14)6-8-21-13-18/h14-15,19H,5-13H2,1-4H3. The number of nitrogens with one attached hydrogen (secondary N) is 1. The number of hydrogen-bond donors (Lipinski definition) is 1. The summed E-state index contributed by atoms with van der Waals surface area (Å²) in [6, 6.07) is 1.37. The van der Waals surface area contributed by atoms with Crippen molar-refractivity contribution < 1.29 is 4.74 Å². The van der Waals surface area contributed by atoms with Crippen molar-refractivity contribution in [3.8, 4) is 0 Å². The molecule has 0 aromatic rings. The SMILES string of the molecule is CC1(C)CC(NC2CCOC3(CCSC3)C2)CC(C)(C)C1. The summed E-state index contributed by atoms with van der Waals surface area (Å²) in [5.41, 5.74) is 1.16. The maximum absolute atomic E-state index is 6.17. The van der Waals surface area contributed by atoms with E-state index in [2.05, 4.69) is 44.8 Å². The molecular weight excluding hydrogens is 278 g/mol. The first-order valence-electron chi connectivity index (χ1n) is 8.76. The van der Waals surface area contributed by atoms with Crippen LogP contribution in [0, 0.1) is 10.8 Å². The molecule has 2 aliphatic heterocycles. The van der Waals surface area contributed by atoms with Crippen LogP contribution in [0.5, 0.6) is 0 Å². The third-order valence-electron chi connectivity index (χ3n) is 5.59. The fourth-order valence-corrected chi connectivity index (χ4v) is 6.71. The van der Waals surface area contributed by atoms with Gasteiger partial charge in [-0.2, -0.15) is 11.8 Å². The molecule has 3 rings (SSSR count). The van der Waals surface area contributed by atoms with E-state index < -0.39 is 0 Å². The molecular formula is C18H33NOS. The van der Waals surface area contributed by atoms with Gasteiger partial charge in [0, 0.05) is 24.4 Å². The fourth-order valence-electron chi connectivity index (χ4n) is 5.33. The van der Waals surface area contributed by atoms with E-state index in [0.29, 0.717) is 22.9 Å². The highest BCUT2D eigenvalue weighted by atomic mass is 32.2. The molecule has 0 radical (unpaired) electrons. The van der Waals surface area contributed by atoms with Crippen LogP contribution < -0.4 is 5.32 Å². The molecule has 0 aromatic carbocycles. The second-order valence-corrected chi connectivity index (χ2v) is 10.4. The Kier molecular flexibility index (Phi) is 4.40. The maximum atomic E-state index is 6.17. The van der Waals surface area contributed by atoms with Crippen molar-refractivity contribution in [3.05, 3.63) is 0 Å². The molecule has 2 heterocycles. The number of ether oxygens (including phenoxy) is 1. The van der Waals surface area contributed by atoms with Crippen LogP contribution in [0.2, 0.25) is 0 Å².